The number of benzene rings is 1. The maximum Gasteiger partial charge on any atom is 0.238 e. The Morgan fingerprint density at radius 3 is 1.83 bits per heavy atom. The van der Waals surface area contributed by atoms with Crippen LogP contribution in [0.3, 0.4) is 0 Å². The van der Waals surface area contributed by atoms with Gasteiger partial charge in [0.2, 0.25) is 5.91 Å². The van der Waals surface area contributed by atoms with E-state index in [0.29, 0.717) is 6.54 Å². The second-order valence-electron chi connectivity index (χ2n) is 8.64. The molecule has 2 N–H and O–H groups in total. The van der Waals surface area contributed by atoms with E-state index in [1.807, 2.05) is 26.0 Å². The minimum atomic E-state index is 0.0454. The lowest BCUT2D eigenvalue weighted by Gasteiger charge is -2.10. The summed E-state index contributed by atoms with van der Waals surface area (Å²) in [6, 6.07) is 6.15. The highest BCUT2D eigenvalue weighted by Gasteiger charge is 2.04. The highest BCUT2D eigenvalue weighted by Crippen LogP contribution is 2.16. The molecular weight excluding hydrogens is 356 g/mol. The molecule has 1 aromatic carbocycles. The van der Waals surface area contributed by atoms with Crippen molar-refractivity contribution in [3.63, 3.8) is 0 Å². The summed E-state index contributed by atoms with van der Waals surface area (Å²) in [5.74, 6) is 0.0454. The first-order valence-corrected chi connectivity index (χ1v) is 12.2. The molecule has 0 aromatic heterocycles. The summed E-state index contributed by atoms with van der Waals surface area (Å²) in [6.07, 6.45) is 19.3. The Balaban J connectivity index is 1.85. The Bertz CT molecular complexity index is 542. The lowest BCUT2D eigenvalue weighted by molar-refractivity contribution is -0.115. The zero-order valence-corrected chi connectivity index (χ0v) is 19.5. The van der Waals surface area contributed by atoms with E-state index in [9.17, 15) is 4.79 Å². The Kier molecular flexibility index (Phi) is 15.5. The van der Waals surface area contributed by atoms with E-state index in [-0.39, 0.29) is 5.91 Å². The number of hydrogen-bond acceptors (Lipinski definition) is 2. The molecule has 0 spiro atoms. The molecule has 0 heterocycles. The van der Waals surface area contributed by atoms with E-state index in [1.165, 1.54) is 89.0 Å². The lowest BCUT2D eigenvalue weighted by Crippen LogP contribution is -2.29. The Morgan fingerprint density at radius 2 is 1.28 bits per heavy atom. The third-order valence-corrected chi connectivity index (χ3v) is 5.66. The van der Waals surface area contributed by atoms with Gasteiger partial charge in [-0.25, -0.2) is 0 Å². The first-order valence-electron chi connectivity index (χ1n) is 12.2. The predicted molar refractivity (Wildman–Crippen MR) is 128 cm³/mol. The first-order chi connectivity index (χ1) is 14.1. The molecule has 0 unspecified atom stereocenters. The minimum absolute atomic E-state index is 0.0454. The van der Waals surface area contributed by atoms with Gasteiger partial charge in [0.15, 0.2) is 0 Å². The lowest BCUT2D eigenvalue weighted by atomic mass is 10.0. The summed E-state index contributed by atoms with van der Waals surface area (Å²) in [4.78, 5) is 12.1. The van der Waals surface area contributed by atoms with Crippen LogP contribution in [0, 0.1) is 13.8 Å². The van der Waals surface area contributed by atoms with Crippen molar-refractivity contribution < 1.29 is 4.79 Å². The quantitative estimate of drug-likeness (QED) is 0.253. The van der Waals surface area contributed by atoms with E-state index < -0.39 is 0 Å². The molecule has 0 saturated carbocycles. The van der Waals surface area contributed by atoms with Crippen LogP contribution < -0.4 is 10.6 Å². The summed E-state index contributed by atoms with van der Waals surface area (Å²) in [7, 11) is 0. The second kappa shape index (κ2) is 17.5. The smallest absolute Gasteiger partial charge is 0.238 e. The van der Waals surface area contributed by atoms with E-state index in [0.717, 1.165) is 24.2 Å². The van der Waals surface area contributed by atoms with Gasteiger partial charge in [0, 0.05) is 5.69 Å². The molecule has 1 aromatic rings. The molecule has 1 rings (SSSR count). The van der Waals surface area contributed by atoms with E-state index in [4.69, 9.17) is 0 Å². The van der Waals surface area contributed by atoms with Gasteiger partial charge in [0.25, 0.3) is 0 Å². The van der Waals surface area contributed by atoms with Crippen LogP contribution in [0.25, 0.3) is 0 Å². The van der Waals surface area contributed by atoms with Crippen molar-refractivity contribution >= 4 is 11.6 Å². The Hall–Kier alpha value is -1.35. The van der Waals surface area contributed by atoms with Crippen molar-refractivity contribution in [1.82, 2.24) is 5.32 Å². The van der Waals surface area contributed by atoms with Gasteiger partial charge in [-0.15, -0.1) is 0 Å². The summed E-state index contributed by atoms with van der Waals surface area (Å²) < 4.78 is 0. The first kappa shape index (κ1) is 25.7. The largest absolute Gasteiger partial charge is 0.325 e. The SMILES string of the molecule is CCCCCCCCCCCCCCCCNCC(=O)Nc1cc(C)ccc1C. The van der Waals surface area contributed by atoms with Crippen molar-refractivity contribution in [2.24, 2.45) is 0 Å². The predicted octanol–water partition coefficient (Wildman–Crippen LogP) is 7.31. The molecule has 3 nitrogen and oxygen atoms in total. The Morgan fingerprint density at radius 1 is 0.759 bits per heavy atom. The number of amides is 1. The number of carbonyl (C=O) groups is 1. The van der Waals surface area contributed by atoms with Crippen LogP contribution in [-0.4, -0.2) is 19.0 Å². The van der Waals surface area contributed by atoms with Crippen LogP contribution in [0.5, 0.6) is 0 Å². The number of carbonyl (C=O) groups excluding carboxylic acids is 1. The molecule has 0 saturated heterocycles. The molecular formula is C26H46N2O. The maximum absolute atomic E-state index is 12.1. The number of hydrogen-bond donors (Lipinski definition) is 2. The number of unbranched alkanes of at least 4 members (excludes halogenated alkanes) is 13. The van der Waals surface area contributed by atoms with E-state index >= 15 is 0 Å². The summed E-state index contributed by atoms with van der Waals surface area (Å²) in [5.41, 5.74) is 3.20. The molecule has 29 heavy (non-hydrogen) atoms. The number of rotatable bonds is 18. The molecule has 0 fully saturated rings. The van der Waals surface area contributed by atoms with Crippen molar-refractivity contribution in [3.05, 3.63) is 29.3 Å². The van der Waals surface area contributed by atoms with E-state index in [1.54, 1.807) is 0 Å². The highest BCUT2D eigenvalue weighted by molar-refractivity contribution is 5.93. The minimum Gasteiger partial charge on any atom is -0.325 e. The number of aryl methyl sites for hydroxylation is 2. The topological polar surface area (TPSA) is 41.1 Å². The molecule has 0 atom stereocenters. The zero-order valence-electron chi connectivity index (χ0n) is 19.5. The fraction of sp³-hybridized carbons (Fsp3) is 0.731. The molecule has 3 heteroatoms. The van der Waals surface area contributed by atoms with Crippen molar-refractivity contribution in [2.45, 2.75) is 111 Å². The van der Waals surface area contributed by atoms with Gasteiger partial charge < -0.3 is 10.6 Å². The summed E-state index contributed by atoms with van der Waals surface area (Å²) >= 11 is 0. The van der Waals surface area contributed by atoms with E-state index in [2.05, 4.69) is 23.6 Å². The zero-order chi connectivity index (χ0) is 21.2. The number of anilines is 1. The van der Waals surface area contributed by atoms with Gasteiger partial charge in [-0.05, 0) is 44.0 Å². The van der Waals surface area contributed by atoms with Crippen LogP contribution in [0.4, 0.5) is 5.69 Å². The standard InChI is InChI=1S/C26H46N2O/c1-4-5-6-7-8-9-10-11-12-13-14-15-16-17-20-27-22-26(29)28-25-21-23(2)18-19-24(25)3/h18-19,21,27H,4-17,20,22H2,1-3H3,(H,28,29). The van der Waals surface area contributed by atoms with Gasteiger partial charge in [-0.2, -0.15) is 0 Å². The third-order valence-electron chi connectivity index (χ3n) is 5.66. The fourth-order valence-corrected chi connectivity index (χ4v) is 3.71. The average Bonchev–Trinajstić information content (AvgIpc) is 2.70. The molecule has 0 aliphatic heterocycles. The van der Waals surface area contributed by atoms with Crippen LogP contribution >= 0.6 is 0 Å². The van der Waals surface area contributed by atoms with Gasteiger partial charge in [0.1, 0.15) is 0 Å². The monoisotopic (exact) mass is 402 g/mol. The van der Waals surface area contributed by atoms with Crippen LogP contribution in [0.15, 0.2) is 18.2 Å². The third kappa shape index (κ3) is 14.3. The van der Waals surface area contributed by atoms with Crippen LogP contribution in [0.1, 0.15) is 108 Å². The molecule has 0 bridgehead atoms. The number of nitrogens with one attached hydrogen (secondary N) is 2. The fourth-order valence-electron chi connectivity index (χ4n) is 3.71. The molecule has 0 aliphatic carbocycles. The second-order valence-corrected chi connectivity index (χ2v) is 8.64. The van der Waals surface area contributed by atoms with Gasteiger partial charge >= 0.3 is 0 Å². The van der Waals surface area contributed by atoms with Crippen molar-refractivity contribution in [3.8, 4) is 0 Å². The van der Waals surface area contributed by atoms with Gasteiger partial charge in [0.05, 0.1) is 6.54 Å². The normalized spacial score (nSPS) is 11.0. The maximum atomic E-state index is 12.1. The summed E-state index contributed by atoms with van der Waals surface area (Å²) in [6.45, 7) is 7.67. The highest BCUT2D eigenvalue weighted by atomic mass is 16.1. The van der Waals surface area contributed by atoms with Crippen molar-refractivity contribution in [1.29, 1.82) is 0 Å². The van der Waals surface area contributed by atoms with Crippen LogP contribution in [-0.2, 0) is 4.79 Å². The molecule has 1 amide bonds. The van der Waals surface area contributed by atoms with Gasteiger partial charge in [-0.3, -0.25) is 4.79 Å². The van der Waals surface area contributed by atoms with Gasteiger partial charge in [-0.1, -0.05) is 103 Å². The Labute approximate surface area is 180 Å². The molecule has 166 valence electrons. The molecule has 0 aliphatic rings. The van der Waals surface area contributed by atoms with Crippen molar-refractivity contribution in [2.75, 3.05) is 18.4 Å². The van der Waals surface area contributed by atoms with Crippen LogP contribution in [0.2, 0.25) is 0 Å². The molecule has 0 radical (unpaired) electrons. The summed E-state index contributed by atoms with van der Waals surface area (Å²) in [5, 5.41) is 6.27. The average molecular weight is 403 g/mol.